The molecule has 6 heteroatoms. The molecule has 0 saturated heterocycles. The zero-order chi connectivity index (χ0) is 16.8. The summed E-state index contributed by atoms with van der Waals surface area (Å²) in [5.74, 6) is -0.142. The highest BCUT2D eigenvalue weighted by atomic mass is 35.5. The molecule has 1 fully saturated rings. The largest absolute Gasteiger partial charge is 0.453 e. The molecule has 0 radical (unpaired) electrons. The normalized spacial score (nSPS) is 16.1. The molecule has 1 aliphatic carbocycles. The zero-order valence-electron chi connectivity index (χ0n) is 13.1. The van der Waals surface area contributed by atoms with Crippen molar-refractivity contribution in [2.24, 2.45) is 5.92 Å². The van der Waals surface area contributed by atoms with Gasteiger partial charge in [0.1, 0.15) is 0 Å². The van der Waals surface area contributed by atoms with Gasteiger partial charge < -0.3 is 10.1 Å². The van der Waals surface area contributed by atoms with Crippen LogP contribution in [0, 0.1) is 5.92 Å². The number of amides is 1. The lowest BCUT2D eigenvalue weighted by molar-refractivity contribution is -0.153. The maximum absolute atomic E-state index is 12.1. The molecule has 1 amide bonds. The Balaban J connectivity index is 1.79. The number of carbonyl (C=O) groups is 2. The van der Waals surface area contributed by atoms with Crippen molar-refractivity contribution < 1.29 is 14.3 Å². The molecule has 2 rings (SSSR count). The molecule has 1 saturated carbocycles. The lowest BCUT2D eigenvalue weighted by atomic mass is 10.0. The predicted octanol–water partition coefficient (Wildman–Crippen LogP) is 4.83. The van der Waals surface area contributed by atoms with E-state index in [4.69, 9.17) is 27.9 Å². The van der Waals surface area contributed by atoms with Crippen LogP contribution in [-0.2, 0) is 14.3 Å². The van der Waals surface area contributed by atoms with Crippen molar-refractivity contribution >= 4 is 40.8 Å². The Bertz CT molecular complexity index is 571. The molecule has 1 N–H and O–H groups in total. The van der Waals surface area contributed by atoms with Crippen LogP contribution in [0.15, 0.2) is 18.2 Å². The van der Waals surface area contributed by atoms with Crippen LogP contribution in [0.3, 0.4) is 0 Å². The first kappa shape index (κ1) is 18.1. The molecule has 1 aromatic rings. The summed E-state index contributed by atoms with van der Waals surface area (Å²) in [7, 11) is 0. The van der Waals surface area contributed by atoms with Crippen molar-refractivity contribution in [2.75, 3.05) is 5.32 Å². The molecule has 0 bridgehead atoms. The van der Waals surface area contributed by atoms with E-state index >= 15 is 0 Å². The number of carbonyl (C=O) groups excluding carboxylic acids is 2. The van der Waals surface area contributed by atoms with Crippen molar-refractivity contribution in [2.45, 2.75) is 51.6 Å². The van der Waals surface area contributed by atoms with Gasteiger partial charge in [0.25, 0.3) is 5.91 Å². The third-order valence-corrected chi connectivity index (χ3v) is 4.66. The van der Waals surface area contributed by atoms with Crippen LogP contribution in [0.5, 0.6) is 0 Å². The Labute approximate surface area is 146 Å². The van der Waals surface area contributed by atoms with Crippen LogP contribution in [0.2, 0.25) is 10.0 Å². The zero-order valence-corrected chi connectivity index (χ0v) is 14.6. The Morgan fingerprint density at radius 2 is 2.00 bits per heavy atom. The Morgan fingerprint density at radius 3 is 2.70 bits per heavy atom. The first-order valence-electron chi connectivity index (χ1n) is 7.91. The molecule has 0 heterocycles. The second kappa shape index (κ2) is 8.55. The molecule has 0 aromatic heterocycles. The van der Waals surface area contributed by atoms with Crippen molar-refractivity contribution in [1.82, 2.24) is 0 Å². The van der Waals surface area contributed by atoms with E-state index < -0.39 is 12.0 Å². The van der Waals surface area contributed by atoms with Gasteiger partial charge in [0, 0.05) is 11.4 Å². The summed E-state index contributed by atoms with van der Waals surface area (Å²) < 4.78 is 5.19. The minimum absolute atomic E-state index is 0.336. The number of halogens is 2. The average molecular weight is 358 g/mol. The fourth-order valence-electron chi connectivity index (χ4n) is 2.76. The van der Waals surface area contributed by atoms with Crippen molar-refractivity contribution in [1.29, 1.82) is 0 Å². The topological polar surface area (TPSA) is 55.4 Å². The molecule has 126 valence electrons. The fraction of sp³-hybridized carbons (Fsp3) is 0.529. The van der Waals surface area contributed by atoms with Gasteiger partial charge in [-0.3, -0.25) is 9.59 Å². The third-order valence-electron chi connectivity index (χ3n) is 4.10. The summed E-state index contributed by atoms with van der Waals surface area (Å²) in [6.07, 6.45) is 5.21. The maximum atomic E-state index is 12.1. The number of rotatable bonds is 6. The van der Waals surface area contributed by atoms with Gasteiger partial charge in [0.2, 0.25) is 0 Å². The Hall–Kier alpha value is -1.26. The summed E-state index contributed by atoms with van der Waals surface area (Å²) in [4.78, 5) is 23.9. The van der Waals surface area contributed by atoms with Crippen LogP contribution in [-0.4, -0.2) is 18.0 Å². The summed E-state index contributed by atoms with van der Waals surface area (Å²) in [6, 6.07) is 4.78. The first-order valence-corrected chi connectivity index (χ1v) is 8.66. The van der Waals surface area contributed by atoms with E-state index in [9.17, 15) is 9.59 Å². The van der Waals surface area contributed by atoms with Gasteiger partial charge in [0.05, 0.1) is 10.7 Å². The quantitative estimate of drug-likeness (QED) is 0.741. The molecule has 1 aliphatic rings. The molecule has 0 unspecified atom stereocenters. The molecular formula is C17H21Cl2NO3. The average Bonchev–Trinajstić information content (AvgIpc) is 3.02. The summed E-state index contributed by atoms with van der Waals surface area (Å²) in [5.41, 5.74) is 0.401. The minimum Gasteiger partial charge on any atom is -0.453 e. The van der Waals surface area contributed by atoms with Crippen LogP contribution in [0.1, 0.15) is 45.4 Å². The lowest BCUT2D eigenvalue weighted by Crippen LogP contribution is -2.30. The highest BCUT2D eigenvalue weighted by Gasteiger charge is 2.21. The van der Waals surface area contributed by atoms with E-state index in [1.165, 1.54) is 25.7 Å². The smallest absolute Gasteiger partial charge is 0.306 e. The van der Waals surface area contributed by atoms with Gasteiger partial charge in [-0.1, -0.05) is 48.9 Å². The lowest BCUT2D eigenvalue weighted by Gasteiger charge is -2.15. The summed E-state index contributed by atoms with van der Waals surface area (Å²) in [5, 5.41) is 3.46. The maximum Gasteiger partial charge on any atom is 0.306 e. The minimum atomic E-state index is -0.874. The molecule has 4 nitrogen and oxygen atoms in total. The number of hydrogen-bond acceptors (Lipinski definition) is 3. The van der Waals surface area contributed by atoms with Crippen LogP contribution >= 0.6 is 23.2 Å². The highest BCUT2D eigenvalue weighted by Crippen LogP contribution is 2.29. The monoisotopic (exact) mass is 357 g/mol. The van der Waals surface area contributed by atoms with Gasteiger partial charge in [-0.2, -0.15) is 0 Å². The van der Waals surface area contributed by atoms with Crippen molar-refractivity contribution in [3.63, 3.8) is 0 Å². The van der Waals surface area contributed by atoms with Gasteiger partial charge in [-0.05, 0) is 37.5 Å². The molecule has 0 spiro atoms. The van der Waals surface area contributed by atoms with Gasteiger partial charge >= 0.3 is 5.97 Å². The molecule has 0 aliphatic heterocycles. The fourth-order valence-corrected chi connectivity index (χ4v) is 3.10. The number of ether oxygens (including phenoxy) is 1. The number of hydrogen-bond donors (Lipinski definition) is 1. The van der Waals surface area contributed by atoms with E-state index in [-0.39, 0.29) is 5.97 Å². The molecule has 1 aromatic carbocycles. The molecular weight excluding hydrogens is 337 g/mol. The highest BCUT2D eigenvalue weighted by molar-refractivity contribution is 6.35. The van der Waals surface area contributed by atoms with E-state index in [2.05, 4.69) is 5.32 Å². The van der Waals surface area contributed by atoms with E-state index in [0.717, 1.165) is 6.42 Å². The second-order valence-corrected chi connectivity index (χ2v) is 6.78. The summed E-state index contributed by atoms with van der Waals surface area (Å²) in [6.45, 7) is 1.54. The third kappa shape index (κ3) is 5.70. The first-order chi connectivity index (χ1) is 11.0. The van der Waals surface area contributed by atoms with E-state index in [1.54, 1.807) is 25.1 Å². The summed E-state index contributed by atoms with van der Waals surface area (Å²) >= 11 is 11.9. The Morgan fingerprint density at radius 1 is 1.30 bits per heavy atom. The number of benzene rings is 1. The van der Waals surface area contributed by atoms with Crippen LogP contribution in [0.4, 0.5) is 5.69 Å². The SMILES string of the molecule is C[C@@H](OC(=O)CCC1CCCC1)C(=O)Nc1cc(Cl)ccc1Cl. The van der Waals surface area contributed by atoms with E-state index in [0.29, 0.717) is 28.1 Å². The Kier molecular flexibility index (Phi) is 6.72. The van der Waals surface area contributed by atoms with Gasteiger partial charge in [-0.15, -0.1) is 0 Å². The van der Waals surface area contributed by atoms with Crippen molar-refractivity contribution in [3.8, 4) is 0 Å². The van der Waals surface area contributed by atoms with Gasteiger partial charge in [-0.25, -0.2) is 0 Å². The molecule has 23 heavy (non-hydrogen) atoms. The predicted molar refractivity (Wildman–Crippen MR) is 91.8 cm³/mol. The second-order valence-electron chi connectivity index (χ2n) is 5.93. The number of nitrogens with one attached hydrogen (secondary N) is 1. The van der Waals surface area contributed by atoms with Crippen molar-refractivity contribution in [3.05, 3.63) is 28.2 Å². The van der Waals surface area contributed by atoms with Crippen LogP contribution < -0.4 is 5.32 Å². The van der Waals surface area contributed by atoms with E-state index in [1.807, 2.05) is 0 Å². The molecule has 1 atom stereocenters. The standard InChI is InChI=1S/C17H21Cl2NO3/c1-11(23-16(21)9-6-12-4-2-3-5-12)17(22)20-15-10-13(18)7-8-14(15)19/h7-8,10-12H,2-6,9H2,1H3,(H,20,22)/t11-/m1/s1. The number of esters is 1. The van der Waals surface area contributed by atoms with Gasteiger partial charge in [0.15, 0.2) is 6.10 Å². The number of anilines is 1. The van der Waals surface area contributed by atoms with Crippen LogP contribution in [0.25, 0.3) is 0 Å².